The lowest BCUT2D eigenvalue weighted by Gasteiger charge is -2.17. The number of hydrogen-bond acceptors (Lipinski definition) is 2. The number of carboxylic acids is 1. The number of aromatic amines is 1. The summed E-state index contributed by atoms with van der Waals surface area (Å²) in [7, 11) is 0. The van der Waals surface area contributed by atoms with Crippen LogP contribution in [0.25, 0.3) is 22.0 Å². The van der Waals surface area contributed by atoms with Gasteiger partial charge in [0, 0.05) is 28.2 Å². The number of rotatable bonds is 9. The van der Waals surface area contributed by atoms with Crippen LogP contribution in [0.2, 0.25) is 0 Å². The lowest BCUT2D eigenvalue weighted by molar-refractivity contribution is -0.131. The summed E-state index contributed by atoms with van der Waals surface area (Å²) in [4.78, 5) is 27.0. The zero-order valence-corrected chi connectivity index (χ0v) is 18.2. The van der Waals surface area contributed by atoms with E-state index in [2.05, 4.69) is 46.7 Å². The molecule has 0 aliphatic heterocycles. The van der Waals surface area contributed by atoms with Gasteiger partial charge in [-0.05, 0) is 60.7 Å². The van der Waals surface area contributed by atoms with Crippen LogP contribution in [-0.4, -0.2) is 22.0 Å². The van der Waals surface area contributed by atoms with E-state index >= 15 is 0 Å². The number of benzene rings is 3. The van der Waals surface area contributed by atoms with E-state index in [0.717, 1.165) is 40.2 Å². The van der Waals surface area contributed by atoms with Gasteiger partial charge in [-0.1, -0.05) is 60.7 Å². The lowest BCUT2D eigenvalue weighted by Crippen LogP contribution is -2.28. The molecule has 1 aromatic heterocycles. The molecule has 3 aromatic carbocycles. The number of aliphatic carboxylic acids is 1. The van der Waals surface area contributed by atoms with Crippen molar-refractivity contribution in [2.45, 2.75) is 25.3 Å². The Morgan fingerprint density at radius 2 is 1.64 bits per heavy atom. The molecule has 0 fully saturated rings. The molecular formula is C28H26N2O3. The smallest absolute Gasteiger partial charge is 0.327 e. The molecule has 4 rings (SSSR count). The Labute approximate surface area is 192 Å². The topological polar surface area (TPSA) is 82.2 Å². The second-order valence-electron chi connectivity index (χ2n) is 7.96. The van der Waals surface area contributed by atoms with Gasteiger partial charge in [0.1, 0.15) is 0 Å². The highest BCUT2D eigenvalue weighted by atomic mass is 16.4. The van der Waals surface area contributed by atoms with Gasteiger partial charge in [0.2, 0.25) is 0 Å². The van der Waals surface area contributed by atoms with Crippen molar-refractivity contribution in [3.63, 3.8) is 0 Å². The summed E-state index contributed by atoms with van der Waals surface area (Å²) in [6.45, 7) is 0. The van der Waals surface area contributed by atoms with Crippen LogP contribution in [0.1, 0.15) is 41.4 Å². The van der Waals surface area contributed by atoms with Crippen molar-refractivity contribution in [2.75, 3.05) is 0 Å². The summed E-state index contributed by atoms with van der Waals surface area (Å²) >= 11 is 0. The molecule has 5 nitrogen and oxygen atoms in total. The molecule has 166 valence electrons. The standard InChI is InChI=1S/C28H26N2O3/c31-27(32)15-9-3-8-14-25(30-28(33)21-12-6-2-7-13-21)26-19-23-18-22(16-17-24(23)29-26)20-10-4-1-5-11-20/h1-2,4-7,9-13,15-19,25,29H,3,8,14H2,(H,30,33)(H,31,32)/b15-9+. The van der Waals surface area contributed by atoms with Gasteiger partial charge in [-0.15, -0.1) is 0 Å². The van der Waals surface area contributed by atoms with E-state index < -0.39 is 5.97 Å². The first-order chi connectivity index (χ1) is 16.1. The monoisotopic (exact) mass is 438 g/mol. The molecule has 0 aliphatic rings. The quantitative estimate of drug-likeness (QED) is 0.218. The maximum absolute atomic E-state index is 12.8. The van der Waals surface area contributed by atoms with Crippen LogP contribution in [0, 0.1) is 0 Å². The number of carboxylic acid groups (broad SMARTS) is 1. The molecule has 4 aromatic rings. The predicted molar refractivity (Wildman–Crippen MR) is 131 cm³/mol. The molecule has 0 saturated heterocycles. The molecule has 0 saturated carbocycles. The van der Waals surface area contributed by atoms with Crippen molar-refractivity contribution in [1.82, 2.24) is 10.3 Å². The summed E-state index contributed by atoms with van der Waals surface area (Å²) in [6, 6.07) is 27.5. The Hall–Kier alpha value is -4.12. The van der Waals surface area contributed by atoms with Gasteiger partial charge in [-0.25, -0.2) is 4.79 Å². The molecule has 0 spiro atoms. The van der Waals surface area contributed by atoms with Gasteiger partial charge in [0.25, 0.3) is 5.91 Å². The van der Waals surface area contributed by atoms with Gasteiger partial charge in [-0.2, -0.15) is 0 Å². The predicted octanol–water partition coefficient (Wildman–Crippen LogP) is 6.12. The van der Waals surface area contributed by atoms with Crippen molar-refractivity contribution in [3.8, 4) is 11.1 Å². The van der Waals surface area contributed by atoms with Gasteiger partial charge >= 0.3 is 5.97 Å². The van der Waals surface area contributed by atoms with Crippen LogP contribution in [0.5, 0.6) is 0 Å². The van der Waals surface area contributed by atoms with E-state index in [1.54, 1.807) is 18.2 Å². The van der Waals surface area contributed by atoms with Crippen LogP contribution < -0.4 is 5.32 Å². The number of hydrogen-bond donors (Lipinski definition) is 3. The Balaban J connectivity index is 1.57. The zero-order chi connectivity index (χ0) is 23.0. The average Bonchev–Trinajstić information content (AvgIpc) is 3.27. The van der Waals surface area contributed by atoms with Gasteiger partial charge in [-0.3, -0.25) is 4.79 Å². The molecule has 1 unspecified atom stereocenters. The molecule has 1 atom stereocenters. The van der Waals surface area contributed by atoms with Crippen molar-refractivity contribution < 1.29 is 14.7 Å². The van der Waals surface area contributed by atoms with Crippen molar-refractivity contribution >= 4 is 22.8 Å². The number of H-pyrrole nitrogens is 1. The molecule has 1 amide bonds. The number of carbonyl (C=O) groups is 2. The number of amides is 1. The van der Waals surface area contributed by atoms with Crippen LogP contribution in [0.15, 0.2) is 97.1 Å². The van der Waals surface area contributed by atoms with Crippen LogP contribution in [-0.2, 0) is 4.79 Å². The highest BCUT2D eigenvalue weighted by Gasteiger charge is 2.18. The average molecular weight is 439 g/mol. The molecule has 0 radical (unpaired) electrons. The van der Waals surface area contributed by atoms with Crippen LogP contribution >= 0.6 is 0 Å². The molecule has 33 heavy (non-hydrogen) atoms. The fourth-order valence-corrected chi connectivity index (χ4v) is 3.91. The van der Waals surface area contributed by atoms with Crippen molar-refractivity contribution in [1.29, 1.82) is 0 Å². The van der Waals surface area contributed by atoms with E-state index in [9.17, 15) is 9.59 Å². The Kier molecular flexibility index (Phi) is 7.00. The largest absolute Gasteiger partial charge is 0.478 e. The third kappa shape index (κ3) is 5.77. The van der Waals surface area contributed by atoms with E-state index in [4.69, 9.17) is 5.11 Å². The third-order valence-corrected chi connectivity index (χ3v) is 5.59. The van der Waals surface area contributed by atoms with E-state index in [1.165, 1.54) is 0 Å². The Morgan fingerprint density at radius 3 is 2.36 bits per heavy atom. The fourth-order valence-electron chi connectivity index (χ4n) is 3.91. The van der Waals surface area contributed by atoms with Crippen LogP contribution in [0.4, 0.5) is 0 Å². The van der Waals surface area contributed by atoms with Gasteiger partial charge in [0.05, 0.1) is 6.04 Å². The minimum atomic E-state index is -0.950. The summed E-state index contributed by atoms with van der Waals surface area (Å²) in [5, 5.41) is 13.0. The second-order valence-corrected chi connectivity index (χ2v) is 7.96. The minimum absolute atomic E-state index is 0.134. The Morgan fingerprint density at radius 1 is 0.909 bits per heavy atom. The van der Waals surface area contributed by atoms with Gasteiger partial charge < -0.3 is 15.4 Å². The van der Waals surface area contributed by atoms with Crippen molar-refractivity contribution in [2.24, 2.45) is 0 Å². The first-order valence-electron chi connectivity index (χ1n) is 11.0. The van der Waals surface area contributed by atoms with E-state index in [1.807, 2.05) is 36.4 Å². The highest BCUT2D eigenvalue weighted by Crippen LogP contribution is 2.28. The third-order valence-electron chi connectivity index (χ3n) is 5.59. The molecule has 3 N–H and O–H groups in total. The zero-order valence-electron chi connectivity index (χ0n) is 18.2. The molecule has 5 heteroatoms. The lowest BCUT2D eigenvalue weighted by atomic mass is 10.0. The Bertz CT molecular complexity index is 1260. The number of unbranched alkanes of at least 4 members (excludes halogenated alkanes) is 1. The number of carbonyl (C=O) groups excluding carboxylic acids is 1. The highest BCUT2D eigenvalue weighted by molar-refractivity contribution is 5.94. The number of nitrogens with one attached hydrogen (secondary N) is 2. The number of aromatic nitrogens is 1. The van der Waals surface area contributed by atoms with E-state index in [0.29, 0.717) is 18.4 Å². The minimum Gasteiger partial charge on any atom is -0.478 e. The molecule has 0 bridgehead atoms. The summed E-state index contributed by atoms with van der Waals surface area (Å²) < 4.78 is 0. The van der Waals surface area contributed by atoms with Gasteiger partial charge in [0.15, 0.2) is 0 Å². The maximum Gasteiger partial charge on any atom is 0.327 e. The maximum atomic E-state index is 12.8. The molecule has 0 aliphatic carbocycles. The summed E-state index contributed by atoms with van der Waals surface area (Å²) in [6.07, 6.45) is 4.86. The fraction of sp³-hybridized carbons (Fsp3) is 0.143. The number of allylic oxidation sites excluding steroid dienone is 1. The number of fused-ring (bicyclic) bond motifs is 1. The first kappa shape index (κ1) is 22.1. The first-order valence-corrected chi connectivity index (χ1v) is 11.0. The molecular weight excluding hydrogens is 412 g/mol. The summed E-state index contributed by atoms with van der Waals surface area (Å²) in [5.74, 6) is -1.08. The van der Waals surface area contributed by atoms with E-state index in [-0.39, 0.29) is 11.9 Å². The SMILES string of the molecule is O=C(O)/C=C/CCCC(NC(=O)c1ccccc1)c1cc2cc(-c3ccccc3)ccc2[nH]1. The second kappa shape index (κ2) is 10.5. The summed E-state index contributed by atoms with van der Waals surface area (Å²) in [5.41, 5.74) is 4.84. The van der Waals surface area contributed by atoms with Crippen LogP contribution in [0.3, 0.4) is 0 Å². The molecule has 1 heterocycles. The van der Waals surface area contributed by atoms with Crippen molar-refractivity contribution in [3.05, 3.63) is 108 Å². The normalized spacial score (nSPS) is 12.1.